The van der Waals surface area contributed by atoms with Crippen molar-refractivity contribution >= 4 is 38.5 Å². The average Bonchev–Trinajstić information content (AvgIpc) is 2.41. The van der Waals surface area contributed by atoms with Crippen molar-refractivity contribution < 1.29 is 14.6 Å². The molecule has 3 rings (SSSR count). The number of nitrogens with one attached hydrogen (secondary N) is 1. The molecule has 1 aliphatic rings. The Balaban J connectivity index is 2.02. The lowest BCUT2D eigenvalue weighted by Gasteiger charge is -2.35. The van der Waals surface area contributed by atoms with Crippen LogP contribution in [0.1, 0.15) is 23.2 Å². The first-order chi connectivity index (χ1) is 10.1. The Bertz CT molecular complexity index is 699. The molecule has 2 N–H and O–H groups in total. The molecule has 0 amide bonds. The molecule has 1 saturated carbocycles. The number of rotatable bonds is 4. The van der Waals surface area contributed by atoms with Gasteiger partial charge in [0, 0.05) is 29.2 Å². The Labute approximate surface area is 130 Å². The lowest BCUT2D eigenvalue weighted by molar-refractivity contribution is 0.0329. The summed E-state index contributed by atoms with van der Waals surface area (Å²) in [5.74, 6) is -0.977. The normalized spacial score (nSPS) is 21.0. The summed E-state index contributed by atoms with van der Waals surface area (Å²) in [6.07, 6.45) is 3.43. The second-order valence-corrected chi connectivity index (χ2v) is 6.10. The van der Waals surface area contributed by atoms with Crippen molar-refractivity contribution in [1.82, 2.24) is 4.98 Å². The van der Waals surface area contributed by atoms with Gasteiger partial charge in [0.2, 0.25) is 0 Å². The molecular weight excluding hydrogens is 336 g/mol. The topological polar surface area (TPSA) is 71.5 Å². The summed E-state index contributed by atoms with van der Waals surface area (Å²) in [6.45, 7) is 0. The highest BCUT2D eigenvalue weighted by Gasteiger charge is 2.30. The van der Waals surface area contributed by atoms with Gasteiger partial charge >= 0.3 is 5.97 Å². The number of aromatic carboxylic acids is 1. The summed E-state index contributed by atoms with van der Waals surface area (Å²) in [5, 5.41) is 13.5. The number of carbonyl (C=O) groups is 1. The van der Waals surface area contributed by atoms with Crippen LogP contribution in [-0.4, -0.2) is 35.3 Å². The maximum Gasteiger partial charge on any atom is 0.339 e. The quantitative estimate of drug-likeness (QED) is 0.885. The zero-order valence-corrected chi connectivity index (χ0v) is 13.1. The number of carboxylic acids is 1. The second kappa shape index (κ2) is 5.61. The van der Waals surface area contributed by atoms with Crippen LogP contribution in [0, 0.1) is 0 Å². The Morgan fingerprint density at radius 2 is 2.24 bits per heavy atom. The van der Waals surface area contributed by atoms with E-state index >= 15 is 0 Å². The third kappa shape index (κ3) is 2.73. The van der Waals surface area contributed by atoms with Crippen LogP contribution in [-0.2, 0) is 4.74 Å². The van der Waals surface area contributed by atoms with Crippen LogP contribution in [0.4, 0.5) is 5.69 Å². The van der Waals surface area contributed by atoms with E-state index in [1.165, 1.54) is 6.20 Å². The Morgan fingerprint density at radius 1 is 1.48 bits per heavy atom. The van der Waals surface area contributed by atoms with Gasteiger partial charge in [-0.25, -0.2) is 4.79 Å². The number of pyridine rings is 1. The molecule has 0 spiro atoms. The van der Waals surface area contributed by atoms with Crippen LogP contribution >= 0.6 is 15.9 Å². The molecule has 110 valence electrons. The van der Waals surface area contributed by atoms with Gasteiger partial charge in [0.1, 0.15) is 5.56 Å². The summed E-state index contributed by atoms with van der Waals surface area (Å²) in [5.41, 5.74) is 1.60. The third-order valence-corrected chi connectivity index (χ3v) is 4.33. The standard InChI is InChI=1S/C15H15BrN2O3/c1-21-10-5-9(6-10)18-14-11-4-8(16)2-3-13(11)17-7-12(14)15(19)20/h2-4,7,9-10H,5-6H2,1H3,(H,17,18)(H,19,20)/t9-,10+. The molecule has 0 saturated heterocycles. The molecule has 1 aromatic heterocycles. The summed E-state index contributed by atoms with van der Waals surface area (Å²) >= 11 is 3.42. The molecule has 6 heteroatoms. The van der Waals surface area contributed by atoms with Crippen molar-refractivity contribution in [2.24, 2.45) is 0 Å². The summed E-state index contributed by atoms with van der Waals surface area (Å²) in [4.78, 5) is 15.7. The number of methoxy groups -OCH3 is 1. The number of halogens is 1. The zero-order chi connectivity index (χ0) is 15.0. The van der Waals surface area contributed by atoms with Crippen LogP contribution < -0.4 is 5.32 Å². The van der Waals surface area contributed by atoms with Gasteiger partial charge in [0.25, 0.3) is 0 Å². The minimum atomic E-state index is -0.977. The lowest BCUT2D eigenvalue weighted by atomic mass is 9.88. The lowest BCUT2D eigenvalue weighted by Crippen LogP contribution is -2.40. The third-order valence-electron chi connectivity index (χ3n) is 3.84. The maximum atomic E-state index is 11.4. The fourth-order valence-electron chi connectivity index (χ4n) is 2.56. The summed E-state index contributed by atoms with van der Waals surface area (Å²) in [7, 11) is 1.70. The number of anilines is 1. The average molecular weight is 351 g/mol. The largest absolute Gasteiger partial charge is 0.478 e. The molecule has 2 aromatic rings. The molecule has 21 heavy (non-hydrogen) atoms. The predicted octanol–water partition coefficient (Wildman–Crippen LogP) is 3.28. The molecule has 1 heterocycles. The van der Waals surface area contributed by atoms with E-state index in [2.05, 4.69) is 26.2 Å². The van der Waals surface area contributed by atoms with Gasteiger partial charge in [-0.2, -0.15) is 0 Å². The zero-order valence-electron chi connectivity index (χ0n) is 11.5. The van der Waals surface area contributed by atoms with Gasteiger partial charge in [0.05, 0.1) is 17.3 Å². The molecular formula is C15H15BrN2O3. The Kier molecular flexibility index (Phi) is 3.82. The first-order valence-electron chi connectivity index (χ1n) is 6.69. The van der Waals surface area contributed by atoms with Crippen LogP contribution in [0.25, 0.3) is 10.9 Å². The Hall–Kier alpha value is -1.66. The minimum Gasteiger partial charge on any atom is -0.478 e. The fraction of sp³-hybridized carbons (Fsp3) is 0.333. The van der Waals surface area contributed by atoms with E-state index in [0.717, 1.165) is 28.2 Å². The molecule has 1 aliphatic carbocycles. The maximum absolute atomic E-state index is 11.4. The highest BCUT2D eigenvalue weighted by atomic mass is 79.9. The van der Waals surface area contributed by atoms with Crippen molar-refractivity contribution in [3.63, 3.8) is 0 Å². The van der Waals surface area contributed by atoms with Gasteiger partial charge in [0.15, 0.2) is 0 Å². The molecule has 0 atom stereocenters. The van der Waals surface area contributed by atoms with E-state index in [9.17, 15) is 9.90 Å². The summed E-state index contributed by atoms with van der Waals surface area (Å²) < 4.78 is 6.16. The van der Waals surface area contributed by atoms with E-state index in [4.69, 9.17) is 4.74 Å². The number of benzene rings is 1. The number of fused-ring (bicyclic) bond motifs is 1. The van der Waals surface area contributed by atoms with Crippen LogP contribution in [0.5, 0.6) is 0 Å². The highest BCUT2D eigenvalue weighted by Crippen LogP contribution is 2.33. The molecule has 1 fully saturated rings. The molecule has 0 bridgehead atoms. The van der Waals surface area contributed by atoms with Gasteiger partial charge < -0.3 is 15.2 Å². The smallest absolute Gasteiger partial charge is 0.339 e. The molecule has 0 radical (unpaired) electrons. The number of hydrogen-bond donors (Lipinski definition) is 2. The minimum absolute atomic E-state index is 0.196. The van der Waals surface area contributed by atoms with E-state index in [1.807, 2.05) is 18.2 Å². The molecule has 5 nitrogen and oxygen atoms in total. The second-order valence-electron chi connectivity index (χ2n) is 5.18. The predicted molar refractivity (Wildman–Crippen MR) is 83.8 cm³/mol. The number of aromatic nitrogens is 1. The van der Waals surface area contributed by atoms with Crippen molar-refractivity contribution in [3.05, 3.63) is 34.4 Å². The SMILES string of the molecule is CO[C@H]1C[C@@H](Nc2c(C(=O)O)cnc3ccc(Br)cc23)C1. The van der Waals surface area contributed by atoms with Crippen LogP contribution in [0.15, 0.2) is 28.9 Å². The van der Waals surface area contributed by atoms with E-state index in [-0.39, 0.29) is 17.7 Å². The van der Waals surface area contributed by atoms with Crippen molar-refractivity contribution in [3.8, 4) is 0 Å². The van der Waals surface area contributed by atoms with E-state index in [0.29, 0.717) is 5.69 Å². The summed E-state index contributed by atoms with van der Waals surface area (Å²) in [6, 6.07) is 5.89. The fourth-order valence-corrected chi connectivity index (χ4v) is 2.92. The number of ether oxygens (including phenoxy) is 1. The van der Waals surface area contributed by atoms with Crippen molar-refractivity contribution in [2.75, 3.05) is 12.4 Å². The monoisotopic (exact) mass is 350 g/mol. The van der Waals surface area contributed by atoms with Gasteiger partial charge in [-0.1, -0.05) is 15.9 Å². The van der Waals surface area contributed by atoms with Crippen LogP contribution in [0.3, 0.4) is 0 Å². The highest BCUT2D eigenvalue weighted by molar-refractivity contribution is 9.10. The van der Waals surface area contributed by atoms with Gasteiger partial charge in [-0.3, -0.25) is 4.98 Å². The number of carboxylic acid groups (broad SMARTS) is 1. The van der Waals surface area contributed by atoms with E-state index < -0.39 is 5.97 Å². The Morgan fingerprint density at radius 3 is 2.90 bits per heavy atom. The van der Waals surface area contributed by atoms with Crippen LogP contribution in [0.2, 0.25) is 0 Å². The van der Waals surface area contributed by atoms with Crippen molar-refractivity contribution in [1.29, 1.82) is 0 Å². The number of hydrogen-bond acceptors (Lipinski definition) is 4. The number of nitrogens with zero attached hydrogens (tertiary/aromatic N) is 1. The first kappa shape index (κ1) is 14.3. The first-order valence-corrected chi connectivity index (χ1v) is 7.48. The van der Waals surface area contributed by atoms with Gasteiger partial charge in [-0.05, 0) is 31.0 Å². The molecule has 1 aromatic carbocycles. The van der Waals surface area contributed by atoms with Crippen molar-refractivity contribution in [2.45, 2.75) is 25.0 Å². The van der Waals surface area contributed by atoms with E-state index in [1.54, 1.807) is 7.11 Å². The van der Waals surface area contributed by atoms with Gasteiger partial charge in [-0.15, -0.1) is 0 Å². The molecule has 0 unspecified atom stereocenters. The molecule has 0 aliphatic heterocycles.